The summed E-state index contributed by atoms with van der Waals surface area (Å²) in [5.41, 5.74) is -0.0744. The van der Waals surface area contributed by atoms with Gasteiger partial charge in [-0.15, -0.1) is 0 Å². The Morgan fingerprint density at radius 3 is 2.41 bits per heavy atom. The molecule has 0 spiro atoms. The zero-order valence-corrected chi connectivity index (χ0v) is 10.5. The van der Waals surface area contributed by atoms with E-state index in [1.165, 1.54) is 7.11 Å². The van der Waals surface area contributed by atoms with Gasteiger partial charge in [0.25, 0.3) is 0 Å². The van der Waals surface area contributed by atoms with E-state index in [2.05, 4.69) is 10.6 Å². The molecule has 1 aromatic carbocycles. The number of likely N-dealkylation sites (N-methyl/N-ethyl adjacent to an activating group) is 1. The fourth-order valence-corrected chi connectivity index (χ4v) is 1.23. The molecule has 0 bridgehead atoms. The molecule has 1 rings (SSSR count). The average Bonchev–Trinajstić information content (AvgIpc) is 2.29. The molecule has 0 atom stereocenters. The maximum absolute atomic E-state index is 13.6. The Labute approximate surface area is 100 Å². The molecule has 0 saturated carbocycles. The molecule has 5 heteroatoms. The number of hydrogen-bond acceptors (Lipinski definition) is 3. The van der Waals surface area contributed by atoms with E-state index in [0.29, 0.717) is 6.54 Å². The minimum Gasteiger partial charge on any atom is -0.494 e. The Morgan fingerprint density at radius 1 is 1.24 bits per heavy atom. The van der Waals surface area contributed by atoms with Crippen molar-refractivity contribution in [1.82, 2.24) is 5.32 Å². The second-order valence-corrected chi connectivity index (χ2v) is 4.45. The fraction of sp³-hybridized carbons (Fsp3) is 0.500. The first-order chi connectivity index (χ1) is 7.89. The molecule has 0 aliphatic carbocycles. The van der Waals surface area contributed by atoms with Gasteiger partial charge in [-0.1, -0.05) is 0 Å². The van der Waals surface area contributed by atoms with Crippen molar-refractivity contribution >= 4 is 5.69 Å². The summed E-state index contributed by atoms with van der Waals surface area (Å²) in [6.07, 6.45) is 0. The van der Waals surface area contributed by atoms with Gasteiger partial charge in [0.15, 0.2) is 11.6 Å². The van der Waals surface area contributed by atoms with Crippen LogP contribution in [0.4, 0.5) is 14.5 Å². The number of benzene rings is 1. The van der Waals surface area contributed by atoms with Crippen LogP contribution in [0.2, 0.25) is 0 Å². The van der Waals surface area contributed by atoms with Gasteiger partial charge in [0, 0.05) is 24.2 Å². The summed E-state index contributed by atoms with van der Waals surface area (Å²) in [4.78, 5) is 0. The zero-order valence-electron chi connectivity index (χ0n) is 10.5. The lowest BCUT2D eigenvalue weighted by Crippen LogP contribution is -2.42. The van der Waals surface area contributed by atoms with Crippen molar-refractivity contribution in [2.75, 3.05) is 26.0 Å². The molecule has 0 fully saturated rings. The summed E-state index contributed by atoms with van der Waals surface area (Å²) in [5, 5.41) is 5.93. The highest BCUT2D eigenvalue weighted by molar-refractivity contribution is 5.49. The van der Waals surface area contributed by atoms with Crippen LogP contribution in [-0.4, -0.2) is 26.2 Å². The first kappa shape index (κ1) is 13.7. The molecule has 96 valence electrons. The van der Waals surface area contributed by atoms with Crippen LogP contribution in [0.3, 0.4) is 0 Å². The lowest BCUT2D eigenvalue weighted by atomic mass is 10.1. The van der Waals surface area contributed by atoms with Gasteiger partial charge in [-0.25, -0.2) is 8.78 Å². The van der Waals surface area contributed by atoms with Crippen molar-refractivity contribution in [2.45, 2.75) is 19.4 Å². The number of rotatable bonds is 5. The lowest BCUT2D eigenvalue weighted by molar-refractivity contribution is 0.383. The number of anilines is 1. The lowest BCUT2D eigenvalue weighted by Gasteiger charge is -2.25. The summed E-state index contributed by atoms with van der Waals surface area (Å²) < 4.78 is 31.6. The molecule has 0 radical (unpaired) electrons. The van der Waals surface area contributed by atoms with Crippen LogP contribution in [0, 0.1) is 11.6 Å². The maximum Gasteiger partial charge on any atom is 0.167 e. The van der Waals surface area contributed by atoms with Crippen LogP contribution in [0.15, 0.2) is 12.1 Å². The van der Waals surface area contributed by atoms with Gasteiger partial charge in [0.1, 0.15) is 5.82 Å². The van der Waals surface area contributed by atoms with Crippen LogP contribution >= 0.6 is 0 Å². The van der Waals surface area contributed by atoms with Gasteiger partial charge >= 0.3 is 0 Å². The van der Waals surface area contributed by atoms with Crippen LogP contribution in [0.5, 0.6) is 5.75 Å². The molecule has 2 N–H and O–H groups in total. The molecule has 0 heterocycles. The van der Waals surface area contributed by atoms with E-state index in [0.717, 1.165) is 12.1 Å². The Hall–Kier alpha value is -1.36. The fourth-order valence-electron chi connectivity index (χ4n) is 1.23. The van der Waals surface area contributed by atoms with E-state index in [4.69, 9.17) is 4.74 Å². The van der Waals surface area contributed by atoms with Gasteiger partial charge in [-0.05, 0) is 20.9 Å². The van der Waals surface area contributed by atoms with E-state index in [1.54, 1.807) is 0 Å². The van der Waals surface area contributed by atoms with Crippen molar-refractivity contribution in [3.8, 4) is 5.75 Å². The monoisotopic (exact) mass is 244 g/mol. The summed E-state index contributed by atoms with van der Waals surface area (Å²) in [6, 6.07) is 2.13. The minimum atomic E-state index is -0.585. The molecule has 1 aromatic rings. The van der Waals surface area contributed by atoms with Crippen molar-refractivity contribution in [1.29, 1.82) is 0 Å². The molecule has 3 nitrogen and oxygen atoms in total. The van der Waals surface area contributed by atoms with E-state index in [1.807, 2.05) is 20.9 Å². The van der Waals surface area contributed by atoms with Gasteiger partial charge in [0.05, 0.1) is 12.8 Å². The van der Waals surface area contributed by atoms with Crippen molar-refractivity contribution in [3.63, 3.8) is 0 Å². The van der Waals surface area contributed by atoms with Crippen LogP contribution in [0.1, 0.15) is 13.8 Å². The zero-order chi connectivity index (χ0) is 13.1. The number of nitrogens with one attached hydrogen (secondary N) is 2. The first-order valence-electron chi connectivity index (χ1n) is 5.35. The quantitative estimate of drug-likeness (QED) is 0.834. The number of hydrogen-bond donors (Lipinski definition) is 2. The third-order valence-corrected chi connectivity index (χ3v) is 2.64. The molecule has 0 aromatic heterocycles. The van der Waals surface area contributed by atoms with Gasteiger partial charge in [-0.2, -0.15) is 0 Å². The van der Waals surface area contributed by atoms with Crippen LogP contribution in [0.25, 0.3) is 0 Å². The second kappa shape index (κ2) is 5.31. The molecule has 0 unspecified atom stereocenters. The van der Waals surface area contributed by atoms with Crippen LogP contribution in [-0.2, 0) is 0 Å². The summed E-state index contributed by atoms with van der Waals surface area (Å²) in [7, 11) is 3.11. The van der Waals surface area contributed by atoms with E-state index < -0.39 is 11.6 Å². The van der Waals surface area contributed by atoms with E-state index in [-0.39, 0.29) is 17.0 Å². The predicted molar refractivity (Wildman–Crippen MR) is 64.5 cm³/mol. The third kappa shape index (κ3) is 3.56. The average molecular weight is 244 g/mol. The second-order valence-electron chi connectivity index (χ2n) is 4.45. The Kier molecular flexibility index (Phi) is 4.28. The molecule has 0 aliphatic rings. The van der Waals surface area contributed by atoms with E-state index in [9.17, 15) is 8.78 Å². The van der Waals surface area contributed by atoms with Gasteiger partial charge in [-0.3, -0.25) is 0 Å². The van der Waals surface area contributed by atoms with Crippen molar-refractivity contribution in [2.24, 2.45) is 0 Å². The summed E-state index contributed by atoms with van der Waals surface area (Å²) in [6.45, 7) is 4.39. The minimum absolute atomic E-state index is 0.0964. The number of ether oxygens (including phenoxy) is 1. The van der Waals surface area contributed by atoms with Gasteiger partial charge < -0.3 is 15.4 Å². The first-order valence-corrected chi connectivity index (χ1v) is 5.35. The highest BCUT2D eigenvalue weighted by atomic mass is 19.1. The summed E-state index contributed by atoms with van der Waals surface area (Å²) >= 11 is 0. The molecule has 0 saturated heterocycles. The van der Waals surface area contributed by atoms with Crippen LogP contribution < -0.4 is 15.4 Å². The Bertz CT molecular complexity index is 394. The van der Waals surface area contributed by atoms with Gasteiger partial charge in [0.2, 0.25) is 0 Å². The Balaban J connectivity index is 2.82. The molecule has 0 aliphatic heterocycles. The molecule has 17 heavy (non-hydrogen) atoms. The molecular formula is C12H18F2N2O. The highest BCUT2D eigenvalue weighted by Gasteiger charge is 2.16. The summed E-state index contributed by atoms with van der Waals surface area (Å²) in [5.74, 6) is -1.21. The molecular weight excluding hydrogens is 226 g/mol. The highest BCUT2D eigenvalue weighted by Crippen LogP contribution is 2.24. The number of methoxy groups -OCH3 is 1. The Morgan fingerprint density at radius 2 is 1.88 bits per heavy atom. The van der Waals surface area contributed by atoms with Crippen molar-refractivity contribution < 1.29 is 13.5 Å². The van der Waals surface area contributed by atoms with Crippen molar-refractivity contribution in [3.05, 3.63) is 23.8 Å². The smallest absolute Gasteiger partial charge is 0.167 e. The SMILES string of the molecule is CNC(C)(C)CNc1cc(F)c(OC)cc1F. The normalized spacial score (nSPS) is 11.4. The topological polar surface area (TPSA) is 33.3 Å². The maximum atomic E-state index is 13.6. The third-order valence-electron chi connectivity index (χ3n) is 2.64. The standard InChI is InChI=1S/C12H18F2N2O/c1-12(2,15-3)7-16-10-5-9(14)11(17-4)6-8(10)13/h5-6,15-16H,7H2,1-4H3. The predicted octanol–water partition coefficient (Wildman–Crippen LogP) is 2.38. The number of halogens is 2. The van der Waals surface area contributed by atoms with E-state index >= 15 is 0 Å². The molecule has 0 amide bonds. The largest absolute Gasteiger partial charge is 0.494 e.